The number of pyridine rings is 1. The lowest BCUT2D eigenvalue weighted by Gasteiger charge is -2.23. The topological polar surface area (TPSA) is 58.3 Å². The predicted molar refractivity (Wildman–Crippen MR) is 116 cm³/mol. The van der Waals surface area contributed by atoms with Gasteiger partial charge in [0, 0.05) is 38.6 Å². The van der Waals surface area contributed by atoms with Crippen LogP contribution >= 0.6 is 24.0 Å². The summed E-state index contributed by atoms with van der Waals surface area (Å²) in [5.41, 5.74) is 3.58. The summed E-state index contributed by atoms with van der Waals surface area (Å²) in [6, 6.07) is 6.16. The van der Waals surface area contributed by atoms with Crippen LogP contribution in [-0.2, 0) is 6.54 Å². The van der Waals surface area contributed by atoms with E-state index >= 15 is 0 Å². The van der Waals surface area contributed by atoms with E-state index in [0.29, 0.717) is 12.0 Å². The van der Waals surface area contributed by atoms with Gasteiger partial charge in [0.25, 0.3) is 0 Å². The zero-order valence-corrected chi connectivity index (χ0v) is 18.6. The Morgan fingerprint density at radius 1 is 1.31 bits per heavy atom. The first-order chi connectivity index (χ1) is 11.9. The molecule has 0 saturated carbocycles. The summed E-state index contributed by atoms with van der Waals surface area (Å²) in [5, 5.41) is 7.93. The van der Waals surface area contributed by atoms with Gasteiger partial charge in [0.1, 0.15) is 0 Å². The zero-order valence-electron chi connectivity index (χ0n) is 16.3. The predicted octanol–water partition coefficient (Wildman–Crippen LogP) is 3.31. The van der Waals surface area contributed by atoms with Crippen molar-refractivity contribution < 1.29 is 0 Å². The zero-order chi connectivity index (χ0) is 18.0. The number of halogens is 1. The quantitative estimate of drug-likeness (QED) is 0.427. The van der Waals surface area contributed by atoms with E-state index in [-0.39, 0.29) is 24.0 Å². The van der Waals surface area contributed by atoms with Gasteiger partial charge in [0.15, 0.2) is 11.8 Å². The molecular weight excluding hydrogens is 439 g/mol. The normalized spacial score (nSPS) is 16.5. The fourth-order valence-electron chi connectivity index (χ4n) is 3.31. The first-order valence-electron chi connectivity index (χ1n) is 8.82. The number of guanidine groups is 1. The van der Waals surface area contributed by atoms with Gasteiger partial charge in [-0.1, -0.05) is 19.9 Å². The van der Waals surface area contributed by atoms with Gasteiger partial charge in [-0.3, -0.25) is 4.99 Å². The highest BCUT2D eigenvalue weighted by Crippen LogP contribution is 2.28. The number of nitrogens with one attached hydrogen (secondary N) is 1. The van der Waals surface area contributed by atoms with Gasteiger partial charge in [-0.05, 0) is 43.4 Å². The summed E-state index contributed by atoms with van der Waals surface area (Å²) in [7, 11) is 1.85. The van der Waals surface area contributed by atoms with E-state index in [1.54, 1.807) is 0 Å². The third kappa shape index (κ3) is 4.75. The fraction of sp³-hybridized carbons (Fsp3) is 0.526. The van der Waals surface area contributed by atoms with Crippen molar-refractivity contribution in [3.05, 3.63) is 41.3 Å². The van der Waals surface area contributed by atoms with Crippen molar-refractivity contribution in [3.8, 4) is 5.82 Å². The van der Waals surface area contributed by atoms with Gasteiger partial charge in [-0.15, -0.1) is 24.0 Å². The van der Waals surface area contributed by atoms with Crippen molar-refractivity contribution in [2.75, 3.05) is 20.1 Å². The number of aliphatic imine (C=N–C) groups is 1. The molecule has 0 aromatic carbocycles. The van der Waals surface area contributed by atoms with Crippen LogP contribution in [0.3, 0.4) is 0 Å². The van der Waals surface area contributed by atoms with Gasteiger partial charge in [-0.2, -0.15) is 5.10 Å². The maximum atomic E-state index is 4.55. The maximum absolute atomic E-state index is 4.55. The van der Waals surface area contributed by atoms with E-state index in [0.717, 1.165) is 41.8 Å². The van der Waals surface area contributed by atoms with Crippen LogP contribution in [0.25, 0.3) is 5.82 Å². The summed E-state index contributed by atoms with van der Waals surface area (Å²) in [5.74, 6) is 1.81. The Bertz CT molecular complexity index is 763. The van der Waals surface area contributed by atoms with Crippen molar-refractivity contribution in [3.63, 3.8) is 0 Å². The molecule has 2 aromatic rings. The van der Waals surface area contributed by atoms with Crippen LogP contribution in [0.5, 0.6) is 0 Å². The van der Waals surface area contributed by atoms with Crippen molar-refractivity contribution in [2.45, 2.75) is 40.7 Å². The van der Waals surface area contributed by atoms with Gasteiger partial charge in [0.05, 0.1) is 5.69 Å². The van der Waals surface area contributed by atoms with E-state index in [9.17, 15) is 0 Å². The summed E-state index contributed by atoms with van der Waals surface area (Å²) in [6.07, 6.45) is 3.10. The second kappa shape index (κ2) is 8.37. The Morgan fingerprint density at radius 2 is 2.08 bits per heavy atom. The minimum Gasteiger partial charge on any atom is -0.352 e. The third-order valence-electron chi connectivity index (χ3n) is 4.68. The van der Waals surface area contributed by atoms with Crippen molar-refractivity contribution >= 4 is 29.9 Å². The fourth-order valence-corrected chi connectivity index (χ4v) is 3.31. The first kappa shape index (κ1) is 20.7. The lowest BCUT2D eigenvalue weighted by atomic mass is 9.93. The molecule has 0 amide bonds. The molecule has 2 aromatic heterocycles. The lowest BCUT2D eigenvalue weighted by Crippen LogP contribution is -2.40. The molecule has 142 valence electrons. The molecule has 0 atom stereocenters. The molecule has 0 radical (unpaired) electrons. The maximum Gasteiger partial charge on any atom is 0.193 e. The van der Waals surface area contributed by atoms with E-state index in [1.165, 1.54) is 6.42 Å². The van der Waals surface area contributed by atoms with Crippen molar-refractivity contribution in [2.24, 2.45) is 10.4 Å². The highest BCUT2D eigenvalue weighted by molar-refractivity contribution is 14.0. The molecule has 6 nitrogen and oxygen atoms in total. The number of aryl methyl sites for hydroxylation is 2. The average Bonchev–Trinajstić information content (AvgIpc) is 3.10. The summed E-state index contributed by atoms with van der Waals surface area (Å²) >= 11 is 0. The Balaban J connectivity index is 0.00000243. The lowest BCUT2D eigenvalue weighted by molar-refractivity contribution is 0.370. The number of rotatable bonds is 3. The highest BCUT2D eigenvalue weighted by atomic mass is 127. The summed E-state index contributed by atoms with van der Waals surface area (Å²) in [6.45, 7) is 11.5. The Kier molecular flexibility index (Phi) is 6.65. The molecule has 1 aliphatic heterocycles. The van der Waals surface area contributed by atoms with Crippen molar-refractivity contribution in [1.29, 1.82) is 0 Å². The molecule has 1 fully saturated rings. The second-order valence-electron chi connectivity index (χ2n) is 7.60. The Labute approximate surface area is 173 Å². The second-order valence-corrected chi connectivity index (χ2v) is 7.60. The number of nitrogens with zero attached hydrogens (tertiary/aromatic N) is 5. The molecule has 1 N–H and O–H groups in total. The molecular formula is C19H29IN6. The monoisotopic (exact) mass is 468 g/mol. The van der Waals surface area contributed by atoms with E-state index < -0.39 is 0 Å². The van der Waals surface area contributed by atoms with Gasteiger partial charge in [-0.25, -0.2) is 9.67 Å². The summed E-state index contributed by atoms with van der Waals surface area (Å²) < 4.78 is 1.87. The van der Waals surface area contributed by atoms with Gasteiger partial charge < -0.3 is 10.2 Å². The molecule has 3 heterocycles. The number of aromatic nitrogens is 3. The highest BCUT2D eigenvalue weighted by Gasteiger charge is 2.30. The largest absolute Gasteiger partial charge is 0.352 e. The SMILES string of the molecule is CN=C(NCc1ccc(-n2nc(C)cc2C)nc1)N1CCC(C)(C)C1.I. The van der Waals surface area contributed by atoms with E-state index in [4.69, 9.17) is 0 Å². The molecule has 1 aliphatic rings. The molecule has 0 bridgehead atoms. The summed E-state index contributed by atoms with van der Waals surface area (Å²) in [4.78, 5) is 11.3. The molecule has 0 spiro atoms. The smallest absolute Gasteiger partial charge is 0.193 e. The van der Waals surface area contributed by atoms with Crippen LogP contribution in [0.2, 0.25) is 0 Å². The van der Waals surface area contributed by atoms with Crippen LogP contribution in [0.15, 0.2) is 29.4 Å². The molecule has 3 rings (SSSR count). The van der Waals surface area contributed by atoms with E-state index in [1.807, 2.05) is 37.8 Å². The molecule has 7 heteroatoms. The Morgan fingerprint density at radius 3 is 2.58 bits per heavy atom. The van der Waals surface area contributed by atoms with Crippen LogP contribution in [0.1, 0.15) is 37.2 Å². The first-order valence-corrected chi connectivity index (χ1v) is 8.82. The standard InChI is InChI=1S/C19H28N6.HI/c1-14-10-15(2)25(23-14)17-7-6-16(11-21-17)12-22-18(20-5)24-9-8-19(3,4)13-24;/h6-7,10-11H,8-9,12-13H2,1-5H3,(H,20,22);1H. The van der Waals surface area contributed by atoms with Crippen LogP contribution in [-0.4, -0.2) is 45.8 Å². The molecule has 0 aliphatic carbocycles. The van der Waals surface area contributed by atoms with Gasteiger partial charge >= 0.3 is 0 Å². The number of hydrogen-bond acceptors (Lipinski definition) is 3. The number of likely N-dealkylation sites (tertiary alicyclic amines) is 1. The van der Waals surface area contributed by atoms with Crippen LogP contribution in [0, 0.1) is 19.3 Å². The Hall–Kier alpha value is -1.64. The van der Waals surface area contributed by atoms with Crippen molar-refractivity contribution in [1.82, 2.24) is 25.0 Å². The molecule has 0 unspecified atom stereocenters. The van der Waals surface area contributed by atoms with Gasteiger partial charge in [0.2, 0.25) is 0 Å². The minimum atomic E-state index is 0. The molecule has 1 saturated heterocycles. The average molecular weight is 468 g/mol. The molecule has 26 heavy (non-hydrogen) atoms. The van der Waals surface area contributed by atoms with Crippen LogP contribution < -0.4 is 5.32 Å². The number of hydrogen-bond donors (Lipinski definition) is 1. The minimum absolute atomic E-state index is 0. The third-order valence-corrected chi connectivity index (χ3v) is 4.68. The van der Waals surface area contributed by atoms with Crippen LogP contribution in [0.4, 0.5) is 0 Å². The van der Waals surface area contributed by atoms with E-state index in [2.05, 4.69) is 51.3 Å².